The predicted octanol–water partition coefficient (Wildman–Crippen LogP) is 3.75. The van der Waals surface area contributed by atoms with Crippen molar-refractivity contribution >= 4 is 17.8 Å². The largest absolute Gasteiger partial charge is 0.129 e. The van der Waals surface area contributed by atoms with E-state index in [4.69, 9.17) is 0 Å². The van der Waals surface area contributed by atoms with Gasteiger partial charge in [0, 0.05) is 4.90 Å². The molecule has 64 valence electrons. The van der Waals surface area contributed by atoms with Crippen LogP contribution in [0, 0.1) is 6.92 Å². The molecule has 0 nitrogen and oxygen atoms in total. The van der Waals surface area contributed by atoms with Crippen molar-refractivity contribution in [3.8, 4) is 0 Å². The Hall–Kier alpha value is -0.690. The monoisotopic (exact) mass is 178 g/mol. The smallest absolute Gasteiger partial charge is 0.0142 e. The summed E-state index contributed by atoms with van der Waals surface area (Å²) in [5.41, 5.74) is 2.64. The van der Waals surface area contributed by atoms with E-state index in [1.165, 1.54) is 16.0 Å². The van der Waals surface area contributed by atoms with E-state index in [2.05, 4.69) is 43.5 Å². The van der Waals surface area contributed by atoms with Crippen LogP contribution in [0.1, 0.15) is 18.1 Å². The number of hydrogen-bond donors (Lipinski definition) is 0. The van der Waals surface area contributed by atoms with Crippen molar-refractivity contribution in [3.63, 3.8) is 0 Å². The summed E-state index contributed by atoms with van der Waals surface area (Å²) in [6, 6.07) is 6.54. The number of hydrogen-bond acceptors (Lipinski definition) is 1. The molecule has 0 unspecified atom stereocenters. The standard InChI is InChI=1S/C11H14S/c1-4-5-10-8-9(2)6-7-11(10)12-3/h4-8H,1-3H3/b5-4+. The Kier molecular flexibility index (Phi) is 3.42. The molecule has 0 aliphatic carbocycles. The van der Waals surface area contributed by atoms with Gasteiger partial charge in [0.1, 0.15) is 0 Å². The SMILES string of the molecule is C/C=C/c1cc(C)ccc1SC. The fourth-order valence-corrected chi connectivity index (χ4v) is 1.73. The van der Waals surface area contributed by atoms with E-state index in [0.29, 0.717) is 0 Å². The highest BCUT2D eigenvalue weighted by atomic mass is 32.2. The Morgan fingerprint density at radius 1 is 1.33 bits per heavy atom. The van der Waals surface area contributed by atoms with Gasteiger partial charge < -0.3 is 0 Å². The maximum atomic E-state index is 2.21. The molecule has 1 aromatic rings. The molecule has 0 amide bonds. The zero-order chi connectivity index (χ0) is 8.97. The molecule has 0 aliphatic rings. The zero-order valence-electron chi connectivity index (χ0n) is 7.79. The summed E-state index contributed by atoms with van der Waals surface area (Å²) in [7, 11) is 0. The predicted molar refractivity (Wildman–Crippen MR) is 57.7 cm³/mol. The molecule has 1 rings (SSSR count). The highest BCUT2D eigenvalue weighted by Crippen LogP contribution is 2.22. The summed E-state index contributed by atoms with van der Waals surface area (Å²) < 4.78 is 0. The fourth-order valence-electron chi connectivity index (χ4n) is 1.16. The molecule has 0 saturated carbocycles. The van der Waals surface area contributed by atoms with Crippen molar-refractivity contribution in [3.05, 3.63) is 35.4 Å². The molecule has 0 atom stereocenters. The van der Waals surface area contributed by atoms with Crippen LogP contribution in [0.25, 0.3) is 6.08 Å². The Balaban J connectivity index is 3.12. The zero-order valence-corrected chi connectivity index (χ0v) is 8.61. The lowest BCUT2D eigenvalue weighted by Gasteiger charge is -2.03. The van der Waals surface area contributed by atoms with Gasteiger partial charge in [-0.3, -0.25) is 0 Å². The van der Waals surface area contributed by atoms with Crippen molar-refractivity contribution in [1.29, 1.82) is 0 Å². The van der Waals surface area contributed by atoms with E-state index in [9.17, 15) is 0 Å². The van der Waals surface area contributed by atoms with Gasteiger partial charge in [0.25, 0.3) is 0 Å². The van der Waals surface area contributed by atoms with Gasteiger partial charge in [0.2, 0.25) is 0 Å². The van der Waals surface area contributed by atoms with Crippen LogP contribution in [0.15, 0.2) is 29.2 Å². The topological polar surface area (TPSA) is 0 Å². The van der Waals surface area contributed by atoms with E-state index >= 15 is 0 Å². The normalized spacial score (nSPS) is 10.9. The van der Waals surface area contributed by atoms with Crippen LogP contribution in [0.4, 0.5) is 0 Å². The molecule has 0 radical (unpaired) electrons. The van der Waals surface area contributed by atoms with Gasteiger partial charge in [-0.15, -0.1) is 11.8 Å². The van der Waals surface area contributed by atoms with E-state index in [1.54, 1.807) is 11.8 Å². The first kappa shape index (κ1) is 9.40. The second kappa shape index (κ2) is 4.36. The second-order valence-corrected chi connectivity index (χ2v) is 3.59. The highest BCUT2D eigenvalue weighted by Gasteiger charge is 1.96. The lowest BCUT2D eigenvalue weighted by atomic mass is 10.1. The van der Waals surface area contributed by atoms with Gasteiger partial charge in [0.15, 0.2) is 0 Å². The fraction of sp³-hybridized carbons (Fsp3) is 0.273. The average Bonchev–Trinajstić information content (AvgIpc) is 2.05. The first-order chi connectivity index (χ1) is 5.77. The number of benzene rings is 1. The third-order valence-corrected chi connectivity index (χ3v) is 2.54. The minimum absolute atomic E-state index is 1.32. The second-order valence-electron chi connectivity index (χ2n) is 2.75. The summed E-state index contributed by atoms with van der Waals surface area (Å²) in [6.07, 6.45) is 6.34. The first-order valence-corrected chi connectivity index (χ1v) is 5.27. The number of rotatable bonds is 2. The molecular weight excluding hydrogens is 164 g/mol. The lowest BCUT2D eigenvalue weighted by molar-refractivity contribution is 1.35. The van der Waals surface area contributed by atoms with Gasteiger partial charge in [-0.2, -0.15) is 0 Å². The van der Waals surface area contributed by atoms with Crippen LogP contribution >= 0.6 is 11.8 Å². The van der Waals surface area contributed by atoms with E-state index < -0.39 is 0 Å². The van der Waals surface area contributed by atoms with Crippen LogP contribution in [0.2, 0.25) is 0 Å². The van der Waals surface area contributed by atoms with Gasteiger partial charge in [-0.25, -0.2) is 0 Å². The van der Waals surface area contributed by atoms with Crippen LogP contribution in [0.3, 0.4) is 0 Å². The maximum absolute atomic E-state index is 2.21. The highest BCUT2D eigenvalue weighted by molar-refractivity contribution is 7.98. The summed E-state index contributed by atoms with van der Waals surface area (Å²) >= 11 is 1.79. The van der Waals surface area contributed by atoms with Gasteiger partial charge in [0.05, 0.1) is 0 Å². The molecule has 0 fully saturated rings. The molecule has 12 heavy (non-hydrogen) atoms. The molecule has 0 saturated heterocycles. The molecular formula is C11H14S. The van der Waals surface area contributed by atoms with Crippen molar-refractivity contribution in [2.24, 2.45) is 0 Å². The van der Waals surface area contributed by atoms with Gasteiger partial charge in [-0.1, -0.05) is 29.8 Å². The molecule has 0 heterocycles. The summed E-state index contributed by atoms with van der Waals surface area (Å²) in [5, 5.41) is 0. The first-order valence-electron chi connectivity index (χ1n) is 4.05. The van der Waals surface area contributed by atoms with Gasteiger partial charge >= 0.3 is 0 Å². The number of allylic oxidation sites excluding steroid dienone is 1. The Morgan fingerprint density at radius 3 is 2.67 bits per heavy atom. The van der Waals surface area contributed by atoms with Crippen molar-refractivity contribution in [1.82, 2.24) is 0 Å². The molecule has 0 aromatic heterocycles. The number of aryl methyl sites for hydroxylation is 1. The van der Waals surface area contributed by atoms with Crippen LogP contribution in [-0.2, 0) is 0 Å². The molecule has 1 aromatic carbocycles. The van der Waals surface area contributed by atoms with Gasteiger partial charge in [-0.05, 0) is 31.7 Å². The minimum atomic E-state index is 1.32. The molecule has 1 heteroatoms. The summed E-state index contributed by atoms with van der Waals surface area (Å²) in [6.45, 7) is 4.17. The third-order valence-electron chi connectivity index (χ3n) is 1.73. The van der Waals surface area contributed by atoms with Crippen molar-refractivity contribution in [2.75, 3.05) is 6.26 Å². The van der Waals surface area contributed by atoms with E-state index in [1.807, 2.05) is 6.92 Å². The Labute approximate surface area is 78.7 Å². The van der Waals surface area contributed by atoms with Crippen LogP contribution in [-0.4, -0.2) is 6.26 Å². The summed E-state index contributed by atoms with van der Waals surface area (Å²) in [5.74, 6) is 0. The van der Waals surface area contributed by atoms with E-state index in [0.717, 1.165) is 0 Å². The molecule has 0 spiro atoms. The van der Waals surface area contributed by atoms with Crippen LogP contribution in [0.5, 0.6) is 0 Å². The van der Waals surface area contributed by atoms with E-state index in [-0.39, 0.29) is 0 Å². The summed E-state index contributed by atoms with van der Waals surface area (Å²) in [4.78, 5) is 1.35. The Bertz CT molecular complexity index is 287. The van der Waals surface area contributed by atoms with Crippen LogP contribution < -0.4 is 0 Å². The van der Waals surface area contributed by atoms with Crippen molar-refractivity contribution in [2.45, 2.75) is 18.7 Å². The minimum Gasteiger partial charge on any atom is -0.129 e. The molecule has 0 bridgehead atoms. The average molecular weight is 178 g/mol. The number of thioether (sulfide) groups is 1. The quantitative estimate of drug-likeness (QED) is 0.621. The third kappa shape index (κ3) is 2.15. The molecule has 0 N–H and O–H groups in total. The molecule has 0 aliphatic heterocycles. The van der Waals surface area contributed by atoms with Crippen molar-refractivity contribution < 1.29 is 0 Å². The lowest BCUT2D eigenvalue weighted by Crippen LogP contribution is -1.80. The Morgan fingerprint density at radius 2 is 2.08 bits per heavy atom. The maximum Gasteiger partial charge on any atom is 0.0142 e.